The molecule has 1 saturated heterocycles. The molecule has 1 fully saturated rings. The molecule has 0 saturated carbocycles. The number of nitrogens with zero attached hydrogens (tertiary/aromatic N) is 1. The third kappa shape index (κ3) is 4.19. The van der Waals surface area contributed by atoms with Crippen molar-refractivity contribution in [2.24, 2.45) is 5.92 Å². The van der Waals surface area contributed by atoms with Crippen LogP contribution < -0.4 is 9.47 Å². The lowest BCUT2D eigenvalue weighted by molar-refractivity contribution is -0.150. The van der Waals surface area contributed by atoms with Crippen molar-refractivity contribution < 1.29 is 23.8 Å². The minimum atomic E-state index is -0.559. The number of rotatable bonds is 6. The number of ether oxygens (including phenoxy) is 3. The predicted octanol–water partition coefficient (Wildman–Crippen LogP) is 2.26. The number of methoxy groups -OCH3 is 2. The van der Waals surface area contributed by atoms with Gasteiger partial charge in [0.2, 0.25) is 0 Å². The molecule has 6 nitrogen and oxygen atoms in total. The highest BCUT2D eigenvalue weighted by Gasteiger charge is 2.31. The van der Waals surface area contributed by atoms with Crippen molar-refractivity contribution in [2.45, 2.75) is 32.3 Å². The number of carbonyl (C=O) groups is 2. The van der Waals surface area contributed by atoms with E-state index in [1.165, 1.54) is 7.11 Å². The molecule has 24 heavy (non-hydrogen) atoms. The Bertz CT molecular complexity index is 566. The summed E-state index contributed by atoms with van der Waals surface area (Å²) >= 11 is 0. The summed E-state index contributed by atoms with van der Waals surface area (Å²) in [5.41, 5.74) is 0. The number of hydrogen-bond donors (Lipinski definition) is 0. The van der Waals surface area contributed by atoms with Crippen molar-refractivity contribution in [3.8, 4) is 11.5 Å². The molecule has 1 heterocycles. The number of piperidine rings is 1. The average Bonchev–Trinajstić information content (AvgIpc) is 2.65. The van der Waals surface area contributed by atoms with Crippen LogP contribution in [-0.4, -0.2) is 50.2 Å². The molecule has 0 N–H and O–H groups in total. The molecule has 1 aromatic rings. The van der Waals surface area contributed by atoms with Crippen molar-refractivity contribution >= 4 is 11.9 Å². The number of hydrogen-bond acceptors (Lipinski definition) is 5. The third-order valence-electron chi connectivity index (χ3n) is 4.33. The maximum atomic E-state index is 12.7. The van der Waals surface area contributed by atoms with E-state index in [-0.39, 0.29) is 17.8 Å². The zero-order valence-electron chi connectivity index (χ0n) is 14.5. The fraction of sp³-hybridized carbons (Fsp3) is 0.556. The second-order valence-corrected chi connectivity index (χ2v) is 5.79. The minimum absolute atomic E-state index is 0.0493. The number of para-hydroxylation sites is 2. The summed E-state index contributed by atoms with van der Waals surface area (Å²) < 4.78 is 15.9. The van der Waals surface area contributed by atoms with Crippen LogP contribution in [0, 0.1) is 5.92 Å². The summed E-state index contributed by atoms with van der Waals surface area (Å²) in [6.45, 7) is 3.01. The largest absolute Gasteiger partial charge is 0.493 e. The molecule has 1 unspecified atom stereocenters. The van der Waals surface area contributed by atoms with Crippen LogP contribution in [0.5, 0.6) is 11.5 Å². The molecular weight excluding hydrogens is 310 g/mol. The molecule has 1 aliphatic heterocycles. The molecular formula is C18H25NO5. The van der Waals surface area contributed by atoms with Crippen LogP contribution in [0.25, 0.3) is 0 Å². The van der Waals surface area contributed by atoms with Gasteiger partial charge in [0.15, 0.2) is 17.6 Å². The lowest BCUT2D eigenvalue weighted by Crippen LogP contribution is -2.46. The summed E-state index contributed by atoms with van der Waals surface area (Å²) in [6.07, 6.45) is 1.26. The minimum Gasteiger partial charge on any atom is -0.493 e. The molecule has 1 amide bonds. The van der Waals surface area contributed by atoms with Crippen molar-refractivity contribution in [1.82, 2.24) is 4.90 Å². The Morgan fingerprint density at radius 2 is 1.79 bits per heavy atom. The van der Waals surface area contributed by atoms with Gasteiger partial charge in [-0.25, -0.2) is 0 Å². The number of likely N-dealkylation sites (tertiary alicyclic amines) is 1. The molecule has 0 bridgehead atoms. The highest BCUT2D eigenvalue weighted by Crippen LogP contribution is 2.28. The molecule has 1 atom stereocenters. The van der Waals surface area contributed by atoms with Crippen molar-refractivity contribution in [3.63, 3.8) is 0 Å². The zero-order valence-corrected chi connectivity index (χ0v) is 14.5. The number of carbonyl (C=O) groups excluding carboxylic acids is 2. The van der Waals surface area contributed by atoms with Crippen molar-refractivity contribution in [2.75, 3.05) is 27.3 Å². The van der Waals surface area contributed by atoms with E-state index in [0.717, 1.165) is 0 Å². The molecule has 1 aliphatic rings. The van der Waals surface area contributed by atoms with E-state index in [4.69, 9.17) is 14.2 Å². The van der Waals surface area contributed by atoms with Gasteiger partial charge in [-0.05, 0) is 31.4 Å². The topological polar surface area (TPSA) is 65.1 Å². The fourth-order valence-electron chi connectivity index (χ4n) is 2.88. The lowest BCUT2D eigenvalue weighted by atomic mass is 9.96. The average molecular weight is 335 g/mol. The SMILES string of the molecule is CCC(Oc1ccccc1OC)C(=O)N1CCC(C(=O)OC)CC1. The van der Waals surface area contributed by atoms with Gasteiger partial charge in [0, 0.05) is 13.1 Å². The summed E-state index contributed by atoms with van der Waals surface area (Å²) in [5.74, 6) is 0.804. The summed E-state index contributed by atoms with van der Waals surface area (Å²) in [5, 5.41) is 0. The van der Waals surface area contributed by atoms with E-state index in [2.05, 4.69) is 0 Å². The molecule has 0 spiro atoms. The second kappa shape index (κ2) is 8.57. The molecule has 0 radical (unpaired) electrons. The Morgan fingerprint density at radius 3 is 2.33 bits per heavy atom. The van der Waals surface area contributed by atoms with Gasteiger partial charge < -0.3 is 19.1 Å². The smallest absolute Gasteiger partial charge is 0.308 e. The van der Waals surface area contributed by atoms with E-state index in [9.17, 15) is 9.59 Å². The Kier molecular flexibility index (Phi) is 6.46. The monoisotopic (exact) mass is 335 g/mol. The van der Waals surface area contributed by atoms with Crippen LogP contribution >= 0.6 is 0 Å². The van der Waals surface area contributed by atoms with Crippen molar-refractivity contribution in [3.05, 3.63) is 24.3 Å². The summed E-state index contributed by atoms with van der Waals surface area (Å²) in [6, 6.07) is 7.29. The van der Waals surface area contributed by atoms with Crippen LogP contribution in [0.3, 0.4) is 0 Å². The van der Waals surface area contributed by atoms with E-state index < -0.39 is 6.10 Å². The summed E-state index contributed by atoms with van der Waals surface area (Å²) in [4.78, 5) is 26.1. The van der Waals surface area contributed by atoms with E-state index in [1.54, 1.807) is 24.1 Å². The maximum Gasteiger partial charge on any atom is 0.308 e. The van der Waals surface area contributed by atoms with Crippen LogP contribution in [0.4, 0.5) is 0 Å². The molecule has 0 aliphatic carbocycles. The molecule has 1 aromatic carbocycles. The molecule has 6 heteroatoms. The number of amides is 1. The molecule has 0 aromatic heterocycles. The first-order chi connectivity index (χ1) is 11.6. The van der Waals surface area contributed by atoms with Gasteiger partial charge in [0.05, 0.1) is 20.1 Å². The summed E-state index contributed by atoms with van der Waals surface area (Å²) in [7, 11) is 2.97. The highest BCUT2D eigenvalue weighted by molar-refractivity contribution is 5.82. The van der Waals surface area contributed by atoms with Crippen LogP contribution in [0.1, 0.15) is 26.2 Å². The standard InChI is InChI=1S/C18H25NO5/c1-4-14(24-16-8-6-5-7-15(16)22-2)17(20)19-11-9-13(10-12-19)18(21)23-3/h5-8,13-14H,4,9-12H2,1-3H3. The van der Waals surface area contributed by atoms with Gasteiger partial charge >= 0.3 is 5.97 Å². The maximum absolute atomic E-state index is 12.7. The van der Waals surface area contributed by atoms with E-state index in [1.807, 2.05) is 19.1 Å². The predicted molar refractivity (Wildman–Crippen MR) is 89.0 cm³/mol. The highest BCUT2D eigenvalue weighted by atomic mass is 16.5. The van der Waals surface area contributed by atoms with Crippen LogP contribution in [0.15, 0.2) is 24.3 Å². The van der Waals surface area contributed by atoms with E-state index in [0.29, 0.717) is 43.9 Å². The normalized spacial score (nSPS) is 16.4. The molecule has 132 valence electrons. The Hall–Kier alpha value is -2.24. The zero-order chi connectivity index (χ0) is 17.5. The van der Waals surface area contributed by atoms with Gasteiger partial charge in [0.25, 0.3) is 5.91 Å². The van der Waals surface area contributed by atoms with Gasteiger partial charge in [0.1, 0.15) is 0 Å². The van der Waals surface area contributed by atoms with Crippen molar-refractivity contribution in [1.29, 1.82) is 0 Å². The van der Waals surface area contributed by atoms with Gasteiger partial charge in [-0.3, -0.25) is 9.59 Å². The lowest BCUT2D eigenvalue weighted by Gasteiger charge is -2.33. The quantitative estimate of drug-likeness (QED) is 0.746. The fourth-order valence-corrected chi connectivity index (χ4v) is 2.88. The third-order valence-corrected chi connectivity index (χ3v) is 4.33. The number of benzene rings is 1. The first kappa shape index (κ1) is 18.1. The van der Waals surface area contributed by atoms with Crippen LogP contribution in [0.2, 0.25) is 0 Å². The Balaban J connectivity index is 1.98. The second-order valence-electron chi connectivity index (χ2n) is 5.79. The Labute approximate surface area is 142 Å². The van der Waals surface area contributed by atoms with Crippen LogP contribution in [-0.2, 0) is 14.3 Å². The first-order valence-corrected chi connectivity index (χ1v) is 8.27. The van der Waals surface area contributed by atoms with Gasteiger partial charge in [-0.2, -0.15) is 0 Å². The van der Waals surface area contributed by atoms with Gasteiger partial charge in [-0.15, -0.1) is 0 Å². The van der Waals surface area contributed by atoms with Gasteiger partial charge in [-0.1, -0.05) is 19.1 Å². The molecule has 2 rings (SSSR count). The Morgan fingerprint density at radius 1 is 1.17 bits per heavy atom. The van der Waals surface area contributed by atoms with E-state index >= 15 is 0 Å². The first-order valence-electron chi connectivity index (χ1n) is 8.27. The number of esters is 1.